The summed E-state index contributed by atoms with van der Waals surface area (Å²) in [6.07, 6.45) is 0. The van der Waals surface area contributed by atoms with Gasteiger partial charge in [0.2, 0.25) is 5.95 Å². The number of fused-ring (bicyclic) bond motifs is 1. The van der Waals surface area contributed by atoms with Gasteiger partial charge >= 0.3 is 6.03 Å². The number of nitrogens with zero attached hydrogens (tertiary/aromatic N) is 2. The van der Waals surface area contributed by atoms with Crippen LogP contribution in [0.25, 0.3) is 16.7 Å². The lowest BCUT2D eigenvalue weighted by molar-refractivity contribution is 0.262. The zero-order valence-electron chi connectivity index (χ0n) is 13.7. The number of amides is 2. The third kappa shape index (κ3) is 3.12. The second-order valence-corrected chi connectivity index (χ2v) is 6.06. The molecule has 0 fully saturated rings. The minimum Gasteiger partial charge on any atom is -0.306 e. The number of rotatable bonds is 3. The molecule has 0 spiro atoms. The van der Waals surface area contributed by atoms with Gasteiger partial charge < -0.3 is 5.32 Å². The fraction of sp³-hybridized carbons (Fsp3) is 0. The van der Waals surface area contributed by atoms with Crippen LogP contribution in [0.1, 0.15) is 0 Å². The average Bonchev–Trinajstić information content (AvgIpc) is 3.02. The quantitative estimate of drug-likeness (QED) is 0.518. The van der Waals surface area contributed by atoms with E-state index < -0.39 is 6.03 Å². The monoisotopic (exact) mass is 362 g/mol. The van der Waals surface area contributed by atoms with Crippen LogP contribution < -0.4 is 10.6 Å². The lowest BCUT2D eigenvalue weighted by Crippen LogP contribution is -2.21. The highest BCUT2D eigenvalue weighted by Crippen LogP contribution is 2.25. The van der Waals surface area contributed by atoms with E-state index >= 15 is 0 Å². The fourth-order valence-corrected chi connectivity index (χ4v) is 2.95. The SMILES string of the molecule is O=C(Nc1ccccc1Cl)Nc1nc2ccccc2n1-c1ccccc1. The van der Waals surface area contributed by atoms with Crippen LogP contribution in [0.15, 0.2) is 78.9 Å². The van der Waals surface area contributed by atoms with Gasteiger partial charge in [0.1, 0.15) is 0 Å². The molecule has 1 heterocycles. The molecule has 3 aromatic carbocycles. The summed E-state index contributed by atoms with van der Waals surface area (Å²) in [4.78, 5) is 17.0. The molecule has 5 nitrogen and oxygen atoms in total. The first kappa shape index (κ1) is 16.2. The van der Waals surface area contributed by atoms with E-state index in [9.17, 15) is 4.79 Å². The number of aromatic nitrogens is 2. The van der Waals surface area contributed by atoms with Gasteiger partial charge in [0.25, 0.3) is 0 Å². The maximum absolute atomic E-state index is 12.5. The van der Waals surface area contributed by atoms with Gasteiger partial charge in [-0.2, -0.15) is 0 Å². The van der Waals surface area contributed by atoms with Crippen molar-refractivity contribution in [2.75, 3.05) is 10.6 Å². The summed E-state index contributed by atoms with van der Waals surface area (Å²) >= 11 is 6.10. The van der Waals surface area contributed by atoms with Gasteiger partial charge in [-0.1, -0.05) is 54.1 Å². The van der Waals surface area contributed by atoms with Crippen molar-refractivity contribution in [1.29, 1.82) is 0 Å². The van der Waals surface area contributed by atoms with E-state index in [4.69, 9.17) is 11.6 Å². The summed E-state index contributed by atoms with van der Waals surface area (Å²) < 4.78 is 1.90. The van der Waals surface area contributed by atoms with Crippen LogP contribution in [0.2, 0.25) is 5.02 Å². The largest absolute Gasteiger partial charge is 0.326 e. The van der Waals surface area contributed by atoms with Gasteiger partial charge in [0.15, 0.2) is 0 Å². The number of para-hydroxylation sites is 4. The number of hydrogen-bond acceptors (Lipinski definition) is 2. The maximum Gasteiger partial charge on any atom is 0.326 e. The van der Waals surface area contributed by atoms with Crippen molar-refractivity contribution >= 4 is 40.3 Å². The normalized spacial score (nSPS) is 10.7. The van der Waals surface area contributed by atoms with Crippen LogP contribution in [-0.2, 0) is 0 Å². The Hall–Kier alpha value is -3.31. The Morgan fingerprint density at radius 1 is 0.846 bits per heavy atom. The van der Waals surface area contributed by atoms with Crippen LogP contribution in [0, 0.1) is 0 Å². The van der Waals surface area contributed by atoms with Gasteiger partial charge in [-0.05, 0) is 36.4 Å². The zero-order chi connectivity index (χ0) is 17.9. The maximum atomic E-state index is 12.5. The van der Waals surface area contributed by atoms with Gasteiger partial charge in [-0.3, -0.25) is 9.88 Å². The fourth-order valence-electron chi connectivity index (χ4n) is 2.77. The summed E-state index contributed by atoms with van der Waals surface area (Å²) in [6.45, 7) is 0. The number of nitrogens with one attached hydrogen (secondary N) is 2. The molecule has 0 aliphatic heterocycles. The van der Waals surface area contributed by atoms with E-state index in [2.05, 4.69) is 15.6 Å². The molecule has 0 aliphatic carbocycles. The molecule has 1 aromatic heterocycles. The van der Waals surface area contributed by atoms with Crippen LogP contribution in [-0.4, -0.2) is 15.6 Å². The van der Waals surface area contributed by atoms with E-state index in [1.807, 2.05) is 59.2 Å². The van der Waals surface area contributed by atoms with Crippen molar-refractivity contribution in [2.24, 2.45) is 0 Å². The molecule has 0 atom stereocenters. The summed E-state index contributed by atoms with van der Waals surface area (Å²) in [5.74, 6) is 0.432. The number of anilines is 2. The lowest BCUT2D eigenvalue weighted by Gasteiger charge is -2.11. The molecule has 128 valence electrons. The number of hydrogen-bond donors (Lipinski definition) is 2. The molecule has 4 rings (SSSR count). The van der Waals surface area contributed by atoms with E-state index in [1.165, 1.54) is 0 Å². The summed E-state index contributed by atoms with van der Waals surface area (Å²) in [5.41, 5.74) is 3.15. The minimum atomic E-state index is -0.411. The van der Waals surface area contributed by atoms with Crippen molar-refractivity contribution in [3.05, 3.63) is 83.9 Å². The van der Waals surface area contributed by atoms with Gasteiger partial charge in [0.05, 0.1) is 21.7 Å². The zero-order valence-corrected chi connectivity index (χ0v) is 14.4. The van der Waals surface area contributed by atoms with Crippen molar-refractivity contribution in [3.63, 3.8) is 0 Å². The molecule has 0 saturated carbocycles. The molecule has 0 aliphatic rings. The predicted molar refractivity (Wildman–Crippen MR) is 105 cm³/mol. The Labute approximate surface area is 155 Å². The van der Waals surface area contributed by atoms with Gasteiger partial charge in [-0.15, -0.1) is 0 Å². The molecular formula is C20H15ClN4O. The molecule has 6 heteroatoms. The van der Waals surface area contributed by atoms with Crippen molar-refractivity contribution in [2.45, 2.75) is 0 Å². The summed E-state index contributed by atoms with van der Waals surface area (Å²) in [6, 6.07) is 24.1. The molecule has 0 bridgehead atoms. The number of carbonyl (C=O) groups excluding carboxylic acids is 1. The smallest absolute Gasteiger partial charge is 0.306 e. The molecule has 26 heavy (non-hydrogen) atoms. The van der Waals surface area contributed by atoms with Crippen LogP contribution in [0.5, 0.6) is 0 Å². The molecule has 0 saturated heterocycles. The summed E-state index contributed by atoms with van der Waals surface area (Å²) in [7, 11) is 0. The van der Waals surface area contributed by atoms with Crippen molar-refractivity contribution < 1.29 is 4.79 Å². The van der Waals surface area contributed by atoms with Crippen molar-refractivity contribution in [1.82, 2.24) is 9.55 Å². The van der Waals surface area contributed by atoms with E-state index in [-0.39, 0.29) is 0 Å². The Balaban J connectivity index is 1.70. The first-order valence-corrected chi connectivity index (χ1v) is 8.45. The molecule has 0 radical (unpaired) electrons. The highest BCUT2D eigenvalue weighted by Gasteiger charge is 2.15. The third-order valence-electron chi connectivity index (χ3n) is 3.92. The Morgan fingerprint density at radius 2 is 1.54 bits per heavy atom. The van der Waals surface area contributed by atoms with Crippen LogP contribution in [0.4, 0.5) is 16.4 Å². The third-order valence-corrected chi connectivity index (χ3v) is 4.25. The Bertz CT molecular complexity index is 1080. The van der Waals surface area contributed by atoms with Crippen LogP contribution >= 0.6 is 11.6 Å². The molecule has 4 aromatic rings. The molecular weight excluding hydrogens is 348 g/mol. The summed E-state index contributed by atoms with van der Waals surface area (Å²) in [5, 5.41) is 6.04. The average molecular weight is 363 g/mol. The van der Waals surface area contributed by atoms with E-state index in [0.29, 0.717) is 16.7 Å². The van der Waals surface area contributed by atoms with E-state index in [0.717, 1.165) is 16.7 Å². The number of carbonyl (C=O) groups is 1. The minimum absolute atomic E-state index is 0.411. The van der Waals surface area contributed by atoms with Crippen molar-refractivity contribution in [3.8, 4) is 5.69 Å². The van der Waals surface area contributed by atoms with Gasteiger partial charge in [-0.25, -0.2) is 9.78 Å². The highest BCUT2D eigenvalue weighted by atomic mass is 35.5. The highest BCUT2D eigenvalue weighted by molar-refractivity contribution is 6.33. The topological polar surface area (TPSA) is 59.0 Å². The Kier molecular flexibility index (Phi) is 4.29. The first-order chi connectivity index (χ1) is 12.7. The van der Waals surface area contributed by atoms with Gasteiger partial charge in [0, 0.05) is 5.69 Å². The second-order valence-electron chi connectivity index (χ2n) is 5.65. The number of urea groups is 1. The number of halogens is 1. The second kappa shape index (κ2) is 6.90. The predicted octanol–water partition coefficient (Wildman–Crippen LogP) is 5.32. The standard InChI is InChI=1S/C20H15ClN4O/c21-15-10-4-5-11-16(15)23-20(26)24-19-22-17-12-6-7-13-18(17)25(19)14-8-2-1-3-9-14/h1-13H,(H2,22,23,24,26). The molecule has 2 N–H and O–H groups in total. The Morgan fingerprint density at radius 3 is 2.35 bits per heavy atom. The number of imidazole rings is 1. The first-order valence-electron chi connectivity index (χ1n) is 8.08. The number of benzene rings is 3. The molecule has 0 unspecified atom stereocenters. The van der Waals surface area contributed by atoms with Crippen LogP contribution in [0.3, 0.4) is 0 Å². The lowest BCUT2D eigenvalue weighted by atomic mass is 10.3. The van der Waals surface area contributed by atoms with E-state index in [1.54, 1.807) is 24.3 Å². The molecule has 2 amide bonds.